The molecule has 94 valence electrons. The predicted molar refractivity (Wildman–Crippen MR) is 62.1 cm³/mol. The van der Waals surface area contributed by atoms with E-state index >= 15 is 0 Å². The van der Waals surface area contributed by atoms with Gasteiger partial charge < -0.3 is 14.6 Å². The van der Waals surface area contributed by atoms with Gasteiger partial charge in [0.15, 0.2) is 0 Å². The molecule has 1 atom stereocenters. The minimum atomic E-state index is -2.15. The van der Waals surface area contributed by atoms with E-state index < -0.39 is 24.0 Å². The summed E-state index contributed by atoms with van der Waals surface area (Å²) in [6, 6.07) is 8.86. The van der Waals surface area contributed by atoms with Crippen molar-refractivity contribution < 1.29 is 24.2 Å². The standard InChI is InChI=1S/C13H12O5/c1-17-12(15)8-13(16)11(14)7-10(18-13)9-5-3-2-4-6-9/h2-7,16H,8H2,1H3. The van der Waals surface area contributed by atoms with Crippen molar-refractivity contribution in [1.29, 1.82) is 0 Å². The van der Waals surface area contributed by atoms with Gasteiger partial charge >= 0.3 is 5.97 Å². The van der Waals surface area contributed by atoms with E-state index in [4.69, 9.17) is 4.74 Å². The summed E-state index contributed by atoms with van der Waals surface area (Å²) in [5, 5.41) is 9.97. The average Bonchev–Trinajstić information content (AvgIpc) is 2.66. The number of ether oxygens (including phenoxy) is 2. The number of hydrogen-bond acceptors (Lipinski definition) is 5. The van der Waals surface area contributed by atoms with Crippen molar-refractivity contribution in [2.75, 3.05) is 7.11 Å². The Balaban J connectivity index is 2.19. The molecule has 18 heavy (non-hydrogen) atoms. The van der Waals surface area contributed by atoms with E-state index in [0.29, 0.717) is 5.56 Å². The fourth-order valence-electron chi connectivity index (χ4n) is 1.63. The van der Waals surface area contributed by atoms with Crippen LogP contribution in [0.2, 0.25) is 0 Å². The number of ketones is 1. The van der Waals surface area contributed by atoms with Crippen molar-refractivity contribution >= 4 is 17.5 Å². The minimum absolute atomic E-state index is 0.243. The lowest BCUT2D eigenvalue weighted by molar-refractivity contribution is -0.181. The molecule has 0 amide bonds. The van der Waals surface area contributed by atoms with Gasteiger partial charge in [-0.2, -0.15) is 0 Å². The van der Waals surface area contributed by atoms with Crippen molar-refractivity contribution in [3.8, 4) is 0 Å². The molecule has 1 unspecified atom stereocenters. The zero-order valence-corrected chi connectivity index (χ0v) is 9.75. The molecular formula is C13H12O5. The topological polar surface area (TPSA) is 72.8 Å². The van der Waals surface area contributed by atoms with Crippen LogP contribution < -0.4 is 0 Å². The molecular weight excluding hydrogens is 236 g/mol. The second-order valence-corrected chi connectivity index (χ2v) is 3.88. The Hall–Kier alpha value is -2.14. The van der Waals surface area contributed by atoms with Gasteiger partial charge in [-0.1, -0.05) is 30.3 Å². The number of esters is 1. The van der Waals surface area contributed by atoms with Crippen LogP contribution in [0.3, 0.4) is 0 Å². The van der Waals surface area contributed by atoms with Crippen LogP contribution in [0.5, 0.6) is 0 Å². The van der Waals surface area contributed by atoms with Gasteiger partial charge in [0.1, 0.15) is 12.2 Å². The molecule has 0 aliphatic carbocycles. The molecule has 5 heteroatoms. The predicted octanol–water partition coefficient (Wildman–Crippen LogP) is 0.878. The van der Waals surface area contributed by atoms with Gasteiger partial charge in [0.2, 0.25) is 5.78 Å². The van der Waals surface area contributed by atoms with E-state index in [-0.39, 0.29) is 5.76 Å². The van der Waals surface area contributed by atoms with Crippen LogP contribution in [0.4, 0.5) is 0 Å². The van der Waals surface area contributed by atoms with E-state index in [9.17, 15) is 14.7 Å². The quantitative estimate of drug-likeness (QED) is 0.804. The monoisotopic (exact) mass is 248 g/mol. The molecule has 0 aromatic heterocycles. The Morgan fingerprint density at radius 1 is 1.39 bits per heavy atom. The molecule has 0 bridgehead atoms. The number of aliphatic hydroxyl groups is 1. The highest BCUT2D eigenvalue weighted by molar-refractivity contribution is 6.05. The summed E-state index contributed by atoms with van der Waals surface area (Å²) in [6.45, 7) is 0. The zero-order chi connectivity index (χ0) is 13.2. The number of rotatable bonds is 3. The number of carbonyl (C=O) groups is 2. The van der Waals surface area contributed by atoms with Gasteiger partial charge in [-0.3, -0.25) is 9.59 Å². The van der Waals surface area contributed by atoms with Crippen LogP contribution in [0.15, 0.2) is 36.4 Å². The summed E-state index contributed by atoms with van der Waals surface area (Å²) in [5.41, 5.74) is 0.659. The maximum atomic E-state index is 11.7. The minimum Gasteiger partial charge on any atom is -0.469 e. The third-order valence-corrected chi connectivity index (χ3v) is 2.60. The number of methoxy groups -OCH3 is 1. The molecule has 1 N–H and O–H groups in total. The number of benzene rings is 1. The Morgan fingerprint density at radius 3 is 2.67 bits per heavy atom. The van der Waals surface area contributed by atoms with E-state index in [1.54, 1.807) is 24.3 Å². The first-order valence-corrected chi connectivity index (χ1v) is 5.35. The smallest absolute Gasteiger partial charge is 0.312 e. The summed E-state index contributed by atoms with van der Waals surface area (Å²) in [7, 11) is 1.18. The van der Waals surface area contributed by atoms with Crippen molar-refractivity contribution in [3.05, 3.63) is 42.0 Å². The summed E-state index contributed by atoms with van der Waals surface area (Å²) in [6.07, 6.45) is 0.646. The lowest BCUT2D eigenvalue weighted by Crippen LogP contribution is -2.38. The molecule has 1 heterocycles. The van der Waals surface area contributed by atoms with Gasteiger partial charge in [0, 0.05) is 11.6 Å². The Morgan fingerprint density at radius 2 is 2.06 bits per heavy atom. The van der Waals surface area contributed by atoms with Crippen molar-refractivity contribution in [3.63, 3.8) is 0 Å². The number of carbonyl (C=O) groups excluding carboxylic acids is 2. The largest absolute Gasteiger partial charge is 0.469 e. The molecule has 0 radical (unpaired) electrons. The van der Waals surface area contributed by atoms with Gasteiger partial charge in [-0.05, 0) is 0 Å². The van der Waals surface area contributed by atoms with Crippen LogP contribution in [0.1, 0.15) is 12.0 Å². The first kappa shape index (κ1) is 12.3. The van der Waals surface area contributed by atoms with Gasteiger partial charge in [0.05, 0.1) is 7.11 Å². The first-order valence-electron chi connectivity index (χ1n) is 5.35. The van der Waals surface area contributed by atoms with Gasteiger partial charge in [-0.25, -0.2) is 0 Å². The molecule has 1 aliphatic rings. The molecule has 0 saturated carbocycles. The molecule has 0 fully saturated rings. The maximum absolute atomic E-state index is 11.7. The highest BCUT2D eigenvalue weighted by Gasteiger charge is 2.45. The van der Waals surface area contributed by atoms with Crippen LogP contribution in [0, 0.1) is 0 Å². The highest BCUT2D eigenvalue weighted by atomic mass is 16.6. The second-order valence-electron chi connectivity index (χ2n) is 3.88. The number of hydrogen-bond donors (Lipinski definition) is 1. The second kappa shape index (κ2) is 4.62. The molecule has 1 aliphatic heterocycles. The first-order chi connectivity index (χ1) is 8.55. The van der Waals surface area contributed by atoms with E-state index in [2.05, 4.69) is 4.74 Å². The van der Waals surface area contributed by atoms with Crippen LogP contribution in [0.25, 0.3) is 5.76 Å². The lowest BCUT2D eigenvalue weighted by atomic mass is 10.1. The van der Waals surface area contributed by atoms with Crippen LogP contribution >= 0.6 is 0 Å². The average molecular weight is 248 g/mol. The summed E-state index contributed by atoms with van der Waals surface area (Å²) in [5.74, 6) is -3.29. The fraction of sp³-hybridized carbons (Fsp3) is 0.231. The zero-order valence-electron chi connectivity index (χ0n) is 9.75. The van der Waals surface area contributed by atoms with Crippen LogP contribution in [-0.4, -0.2) is 29.8 Å². The maximum Gasteiger partial charge on any atom is 0.312 e. The highest BCUT2D eigenvalue weighted by Crippen LogP contribution is 2.32. The summed E-state index contributed by atoms with van der Waals surface area (Å²) in [4.78, 5) is 22.8. The Labute approximate surface area is 104 Å². The summed E-state index contributed by atoms with van der Waals surface area (Å²) >= 11 is 0. The fourth-order valence-corrected chi connectivity index (χ4v) is 1.63. The van der Waals surface area contributed by atoms with E-state index in [1.165, 1.54) is 13.2 Å². The molecule has 1 aromatic carbocycles. The molecule has 2 rings (SSSR count). The Bertz CT molecular complexity index is 505. The lowest BCUT2D eigenvalue weighted by Gasteiger charge is -2.20. The normalized spacial score (nSPS) is 22.3. The molecule has 0 spiro atoms. The summed E-state index contributed by atoms with van der Waals surface area (Å²) < 4.78 is 9.60. The van der Waals surface area contributed by atoms with Crippen LogP contribution in [-0.2, 0) is 19.1 Å². The third-order valence-electron chi connectivity index (χ3n) is 2.60. The van der Waals surface area contributed by atoms with Gasteiger partial charge in [0.25, 0.3) is 5.79 Å². The Kier molecular flexibility index (Phi) is 3.16. The molecule has 1 aromatic rings. The molecule has 5 nitrogen and oxygen atoms in total. The third kappa shape index (κ3) is 2.26. The van der Waals surface area contributed by atoms with Crippen molar-refractivity contribution in [2.24, 2.45) is 0 Å². The van der Waals surface area contributed by atoms with Crippen molar-refractivity contribution in [1.82, 2.24) is 0 Å². The van der Waals surface area contributed by atoms with E-state index in [1.807, 2.05) is 6.07 Å². The van der Waals surface area contributed by atoms with E-state index in [0.717, 1.165) is 0 Å². The van der Waals surface area contributed by atoms with Crippen molar-refractivity contribution in [2.45, 2.75) is 12.2 Å². The molecule has 0 saturated heterocycles. The SMILES string of the molecule is COC(=O)CC1(O)OC(c2ccccc2)=CC1=O. The van der Waals surface area contributed by atoms with Gasteiger partial charge in [-0.15, -0.1) is 0 Å².